The number of amides is 3. The minimum absolute atomic E-state index is 0.219. The average Bonchev–Trinajstić information content (AvgIpc) is 2.91. The number of hydrogen-bond donors (Lipinski definition) is 1. The third kappa shape index (κ3) is 5.04. The molecule has 0 spiro atoms. The molecule has 0 bridgehead atoms. The predicted octanol–water partition coefficient (Wildman–Crippen LogP) is 3.09. The van der Waals surface area contributed by atoms with E-state index in [1.807, 2.05) is 31.5 Å². The maximum Gasteiger partial charge on any atom is 0.316 e. The fourth-order valence-electron chi connectivity index (χ4n) is 5.59. The largest absolute Gasteiger partial charge is 0.467 e. The van der Waals surface area contributed by atoms with Crippen LogP contribution in [-0.4, -0.2) is 59.3 Å². The van der Waals surface area contributed by atoms with Crippen LogP contribution in [0.25, 0.3) is 10.8 Å². The third-order valence-corrected chi connectivity index (χ3v) is 7.50. The summed E-state index contributed by atoms with van der Waals surface area (Å²) in [6.07, 6.45) is 6.91. The highest BCUT2D eigenvalue weighted by Gasteiger charge is 2.33. The van der Waals surface area contributed by atoms with Crippen molar-refractivity contribution in [3.05, 3.63) is 59.4 Å². The molecule has 9 nitrogen and oxygen atoms in total. The van der Waals surface area contributed by atoms with Crippen molar-refractivity contribution >= 4 is 34.7 Å². The van der Waals surface area contributed by atoms with Gasteiger partial charge in [0.05, 0.1) is 12.8 Å². The number of piperidine rings is 2. The van der Waals surface area contributed by atoms with E-state index in [1.54, 1.807) is 7.11 Å². The molecule has 5 rings (SSSR count). The van der Waals surface area contributed by atoms with Crippen molar-refractivity contribution in [1.29, 1.82) is 0 Å². The van der Waals surface area contributed by atoms with Crippen LogP contribution in [0.1, 0.15) is 48.3 Å². The van der Waals surface area contributed by atoms with Gasteiger partial charge in [-0.3, -0.25) is 24.6 Å². The van der Waals surface area contributed by atoms with Crippen LogP contribution in [-0.2, 0) is 20.9 Å². The van der Waals surface area contributed by atoms with Crippen LogP contribution in [0.2, 0.25) is 0 Å². The summed E-state index contributed by atoms with van der Waals surface area (Å²) in [6.45, 7) is 4.75. The topological polar surface area (TPSA) is 105 Å². The molecule has 2 fully saturated rings. The van der Waals surface area contributed by atoms with E-state index in [-0.39, 0.29) is 12.3 Å². The molecule has 3 amide bonds. The summed E-state index contributed by atoms with van der Waals surface area (Å²) in [5, 5.41) is 4.46. The number of likely N-dealkylation sites (tertiary alicyclic amines) is 1. The fraction of sp³-hybridized carbons (Fsp3) is 0.393. The van der Waals surface area contributed by atoms with Gasteiger partial charge in [-0.1, -0.05) is 24.3 Å². The number of fused-ring (bicyclic) bond motifs is 1. The minimum Gasteiger partial charge on any atom is -0.467 e. The van der Waals surface area contributed by atoms with Gasteiger partial charge in [-0.25, -0.2) is 9.97 Å². The Balaban J connectivity index is 1.38. The van der Waals surface area contributed by atoms with Gasteiger partial charge in [0.25, 0.3) is 0 Å². The van der Waals surface area contributed by atoms with Crippen LogP contribution in [0.3, 0.4) is 0 Å². The van der Waals surface area contributed by atoms with E-state index in [0.29, 0.717) is 30.4 Å². The van der Waals surface area contributed by atoms with Crippen molar-refractivity contribution in [1.82, 2.24) is 20.2 Å². The highest BCUT2D eigenvalue weighted by atomic mass is 16.5. The molecule has 2 saturated heterocycles. The number of carbonyl (C=O) groups excluding carboxylic acids is 3. The fourth-order valence-corrected chi connectivity index (χ4v) is 5.59. The van der Waals surface area contributed by atoms with Crippen LogP contribution in [0.5, 0.6) is 6.01 Å². The molecule has 37 heavy (non-hydrogen) atoms. The highest BCUT2D eigenvalue weighted by molar-refractivity contribution is 6.08. The van der Waals surface area contributed by atoms with Crippen LogP contribution < -0.4 is 15.0 Å². The summed E-state index contributed by atoms with van der Waals surface area (Å²) >= 11 is 0. The second kappa shape index (κ2) is 10.6. The van der Waals surface area contributed by atoms with E-state index >= 15 is 0 Å². The molecule has 2 aliphatic rings. The number of ether oxygens (including phenoxy) is 1. The van der Waals surface area contributed by atoms with Crippen LogP contribution in [0, 0.1) is 6.92 Å². The van der Waals surface area contributed by atoms with Gasteiger partial charge in [-0.2, -0.15) is 0 Å². The molecular formula is C28H31N5O4. The number of methoxy groups -OCH3 is 1. The molecule has 3 aromatic rings. The van der Waals surface area contributed by atoms with Gasteiger partial charge in [-0.05, 0) is 67.8 Å². The van der Waals surface area contributed by atoms with Gasteiger partial charge in [0.15, 0.2) is 0 Å². The number of carbonyl (C=O) groups is 3. The Bertz CT molecular complexity index is 1320. The standard InChI is InChI=1S/C28H31N5O4/c1-18-6-7-21(20-10-12-32(13-11-20)16-19-14-29-28(37-2)30-15-19)22-4-3-5-23(26(18)22)33(17-34)24-8-9-25(35)31-27(24)36/h3-7,14-15,17,20,24H,8-13,16H2,1-2H3,(H,31,35,36). The normalized spacial score (nSPS) is 19.0. The first kappa shape index (κ1) is 24.8. The lowest BCUT2D eigenvalue weighted by molar-refractivity contribution is -0.134. The molecule has 0 saturated carbocycles. The van der Waals surface area contributed by atoms with E-state index < -0.39 is 11.9 Å². The lowest BCUT2D eigenvalue weighted by Crippen LogP contribution is -2.52. The molecule has 1 aromatic heterocycles. The first-order valence-electron chi connectivity index (χ1n) is 12.6. The molecule has 3 heterocycles. The molecule has 1 N–H and O–H groups in total. The Morgan fingerprint density at radius 1 is 1.11 bits per heavy atom. The van der Waals surface area contributed by atoms with Gasteiger partial charge in [0.2, 0.25) is 18.2 Å². The van der Waals surface area contributed by atoms with E-state index in [4.69, 9.17) is 4.74 Å². The van der Waals surface area contributed by atoms with Gasteiger partial charge >= 0.3 is 6.01 Å². The van der Waals surface area contributed by atoms with Crippen molar-refractivity contribution in [3.63, 3.8) is 0 Å². The number of hydrogen-bond acceptors (Lipinski definition) is 7. The first-order chi connectivity index (χ1) is 18.0. The molecule has 2 aliphatic heterocycles. The second-order valence-corrected chi connectivity index (χ2v) is 9.78. The van der Waals surface area contributed by atoms with Crippen molar-refractivity contribution in [2.24, 2.45) is 0 Å². The number of nitrogens with zero attached hydrogens (tertiary/aromatic N) is 4. The van der Waals surface area contributed by atoms with Crippen molar-refractivity contribution in [2.75, 3.05) is 25.1 Å². The number of benzene rings is 2. The maximum absolute atomic E-state index is 12.6. The summed E-state index contributed by atoms with van der Waals surface area (Å²) in [6, 6.07) is 9.92. The lowest BCUT2D eigenvalue weighted by Gasteiger charge is -2.34. The molecular weight excluding hydrogens is 470 g/mol. The number of nitrogens with one attached hydrogen (secondary N) is 1. The molecule has 1 atom stereocenters. The summed E-state index contributed by atoms with van der Waals surface area (Å²) in [5.74, 6) is -0.333. The van der Waals surface area contributed by atoms with E-state index in [0.717, 1.165) is 54.4 Å². The van der Waals surface area contributed by atoms with Gasteiger partial charge in [0.1, 0.15) is 6.04 Å². The van der Waals surface area contributed by atoms with Gasteiger partial charge < -0.3 is 9.64 Å². The number of aryl methyl sites for hydroxylation is 1. The SMILES string of the molecule is COc1ncc(CN2CCC(c3ccc(C)c4c(N(C=O)C5CCC(=O)NC5=O)cccc34)CC2)cn1. The summed E-state index contributed by atoms with van der Waals surface area (Å²) in [7, 11) is 1.56. The Labute approximate surface area is 215 Å². The third-order valence-electron chi connectivity index (χ3n) is 7.50. The summed E-state index contributed by atoms with van der Waals surface area (Å²) in [4.78, 5) is 48.8. The van der Waals surface area contributed by atoms with E-state index in [1.165, 1.54) is 10.5 Å². The Kier molecular flexibility index (Phi) is 7.14. The number of aromatic nitrogens is 2. The van der Waals surface area contributed by atoms with Crippen LogP contribution in [0.4, 0.5) is 5.69 Å². The molecule has 192 valence electrons. The monoisotopic (exact) mass is 501 g/mol. The van der Waals surface area contributed by atoms with E-state index in [2.05, 4.69) is 38.4 Å². The van der Waals surface area contributed by atoms with E-state index in [9.17, 15) is 14.4 Å². The molecule has 0 aliphatic carbocycles. The average molecular weight is 502 g/mol. The van der Waals surface area contributed by atoms with Gasteiger partial charge in [-0.15, -0.1) is 0 Å². The summed E-state index contributed by atoms with van der Waals surface area (Å²) in [5.41, 5.74) is 4.08. The van der Waals surface area contributed by atoms with Crippen molar-refractivity contribution < 1.29 is 19.1 Å². The van der Waals surface area contributed by atoms with Crippen molar-refractivity contribution in [2.45, 2.75) is 51.1 Å². The lowest BCUT2D eigenvalue weighted by atomic mass is 9.84. The molecule has 1 unspecified atom stereocenters. The Morgan fingerprint density at radius 3 is 2.54 bits per heavy atom. The molecule has 0 radical (unpaired) electrons. The predicted molar refractivity (Wildman–Crippen MR) is 139 cm³/mol. The Morgan fingerprint density at radius 2 is 1.86 bits per heavy atom. The maximum atomic E-state index is 12.6. The van der Waals surface area contributed by atoms with Crippen LogP contribution >= 0.6 is 0 Å². The zero-order valence-electron chi connectivity index (χ0n) is 21.1. The number of imide groups is 1. The Hall–Kier alpha value is -3.85. The highest BCUT2D eigenvalue weighted by Crippen LogP contribution is 2.39. The van der Waals surface area contributed by atoms with Crippen LogP contribution in [0.15, 0.2) is 42.7 Å². The molecule has 9 heteroatoms. The smallest absolute Gasteiger partial charge is 0.316 e. The zero-order valence-corrected chi connectivity index (χ0v) is 21.1. The second-order valence-electron chi connectivity index (χ2n) is 9.78. The molecule has 2 aromatic carbocycles. The number of rotatable bonds is 7. The quantitative estimate of drug-likeness (QED) is 0.392. The van der Waals surface area contributed by atoms with Crippen molar-refractivity contribution in [3.8, 4) is 6.01 Å². The summed E-state index contributed by atoms with van der Waals surface area (Å²) < 4.78 is 5.05. The zero-order chi connectivity index (χ0) is 25.9. The van der Waals surface area contributed by atoms with Gasteiger partial charge in [0, 0.05) is 36.3 Å². The first-order valence-corrected chi connectivity index (χ1v) is 12.6. The number of anilines is 1. The minimum atomic E-state index is -0.700.